The van der Waals surface area contributed by atoms with Crippen LogP contribution in [0.3, 0.4) is 0 Å². The van der Waals surface area contributed by atoms with Crippen LogP contribution in [0.4, 0.5) is 0 Å². The molecule has 2 N–H and O–H groups in total. The largest absolute Gasteiger partial charge is 0.449 e. The second-order valence-electron chi connectivity index (χ2n) is 3.54. The van der Waals surface area contributed by atoms with Crippen molar-refractivity contribution in [2.24, 2.45) is 5.73 Å². The molecule has 96 valence electrons. The highest BCUT2D eigenvalue weighted by Crippen LogP contribution is 2.10. The van der Waals surface area contributed by atoms with Gasteiger partial charge in [-0.05, 0) is 34.7 Å². The molecule has 0 saturated carbocycles. The normalized spacial score (nSPS) is 9.89. The maximum absolute atomic E-state index is 11.5. The average Bonchev–Trinajstić information content (AvgIpc) is 2.93. The zero-order valence-electron chi connectivity index (χ0n) is 9.98. The van der Waals surface area contributed by atoms with E-state index in [1.807, 2.05) is 0 Å². The lowest BCUT2D eigenvalue weighted by Crippen LogP contribution is -2.09. The zero-order chi connectivity index (χ0) is 13.7. The number of aromatic nitrogens is 4. The van der Waals surface area contributed by atoms with E-state index in [4.69, 9.17) is 16.9 Å². The second kappa shape index (κ2) is 5.75. The molecule has 0 bridgehead atoms. The first kappa shape index (κ1) is 12.7. The van der Waals surface area contributed by atoms with Crippen molar-refractivity contribution in [1.29, 1.82) is 0 Å². The van der Waals surface area contributed by atoms with Gasteiger partial charge in [-0.3, -0.25) is 0 Å². The monoisotopic (exact) mass is 257 g/mol. The van der Waals surface area contributed by atoms with Crippen molar-refractivity contribution >= 4 is 5.97 Å². The summed E-state index contributed by atoms with van der Waals surface area (Å²) in [7, 11) is 0. The lowest BCUT2D eigenvalue weighted by molar-refractivity contribution is 0.0557. The molecule has 0 spiro atoms. The Morgan fingerprint density at radius 3 is 2.79 bits per heavy atom. The maximum atomic E-state index is 11.5. The Morgan fingerprint density at radius 2 is 2.16 bits per heavy atom. The molecule has 0 saturated heterocycles. The number of nitrogens with two attached hydrogens (primary N) is 1. The standard InChI is InChI=1S/C12H11N5O2/c1-2-7-19-12(18)9-3-5-10(6-4-9)17-11(8-13)14-15-16-17/h1,3-6H,7-8,13H2. The van der Waals surface area contributed by atoms with Crippen molar-refractivity contribution in [1.82, 2.24) is 20.2 Å². The zero-order valence-corrected chi connectivity index (χ0v) is 9.98. The molecule has 1 aromatic carbocycles. The van der Waals surface area contributed by atoms with Crippen molar-refractivity contribution < 1.29 is 9.53 Å². The second-order valence-corrected chi connectivity index (χ2v) is 3.54. The van der Waals surface area contributed by atoms with E-state index in [9.17, 15) is 4.79 Å². The molecule has 0 fully saturated rings. The van der Waals surface area contributed by atoms with Gasteiger partial charge in [-0.25, -0.2) is 4.79 Å². The van der Waals surface area contributed by atoms with E-state index in [-0.39, 0.29) is 13.2 Å². The molecule has 0 aliphatic rings. The van der Waals surface area contributed by atoms with Gasteiger partial charge < -0.3 is 10.5 Å². The third-order valence-electron chi connectivity index (χ3n) is 2.35. The van der Waals surface area contributed by atoms with E-state index in [1.54, 1.807) is 24.3 Å². The van der Waals surface area contributed by atoms with Gasteiger partial charge in [0, 0.05) is 0 Å². The summed E-state index contributed by atoms with van der Waals surface area (Å²) in [5.41, 5.74) is 6.62. The number of ether oxygens (including phenoxy) is 1. The third kappa shape index (κ3) is 2.75. The molecule has 1 aromatic heterocycles. The lowest BCUT2D eigenvalue weighted by atomic mass is 10.2. The predicted octanol–water partition coefficient (Wildman–Crippen LogP) is -0.0890. The van der Waals surface area contributed by atoms with Crippen LogP contribution in [-0.4, -0.2) is 32.8 Å². The van der Waals surface area contributed by atoms with E-state index in [1.165, 1.54) is 4.68 Å². The van der Waals surface area contributed by atoms with Crippen LogP contribution in [0.5, 0.6) is 0 Å². The number of tetrazole rings is 1. The smallest absolute Gasteiger partial charge is 0.339 e. The Hall–Kier alpha value is -2.72. The molecule has 2 rings (SSSR count). The van der Waals surface area contributed by atoms with E-state index < -0.39 is 5.97 Å². The Labute approximate surface area is 109 Å². The fourth-order valence-corrected chi connectivity index (χ4v) is 1.46. The van der Waals surface area contributed by atoms with Gasteiger partial charge in [-0.1, -0.05) is 5.92 Å². The van der Waals surface area contributed by atoms with Gasteiger partial charge in [0.15, 0.2) is 12.4 Å². The number of carbonyl (C=O) groups excluding carboxylic acids is 1. The molecule has 0 unspecified atom stereocenters. The number of carbonyl (C=O) groups is 1. The van der Waals surface area contributed by atoms with E-state index in [0.717, 1.165) is 0 Å². The molecular weight excluding hydrogens is 246 g/mol. The van der Waals surface area contributed by atoms with Crippen molar-refractivity contribution in [3.63, 3.8) is 0 Å². The van der Waals surface area contributed by atoms with Crippen LogP contribution in [0.25, 0.3) is 5.69 Å². The minimum absolute atomic E-state index is 0.0507. The van der Waals surface area contributed by atoms with Gasteiger partial charge in [-0.2, -0.15) is 4.68 Å². The number of hydrogen-bond donors (Lipinski definition) is 1. The molecule has 0 radical (unpaired) electrons. The fourth-order valence-electron chi connectivity index (χ4n) is 1.46. The van der Waals surface area contributed by atoms with Crippen LogP contribution in [0.1, 0.15) is 16.2 Å². The number of esters is 1. The maximum Gasteiger partial charge on any atom is 0.339 e. The Balaban J connectivity index is 2.19. The van der Waals surface area contributed by atoms with Crippen molar-refractivity contribution in [2.45, 2.75) is 6.54 Å². The summed E-state index contributed by atoms with van der Waals surface area (Å²) in [5, 5.41) is 11.1. The molecule has 2 aromatic rings. The van der Waals surface area contributed by atoms with Gasteiger partial charge in [0.25, 0.3) is 0 Å². The summed E-state index contributed by atoms with van der Waals surface area (Å²) in [4.78, 5) is 11.5. The van der Waals surface area contributed by atoms with Gasteiger partial charge in [0.1, 0.15) is 0 Å². The SMILES string of the molecule is C#CCOC(=O)c1ccc(-n2nnnc2CN)cc1. The van der Waals surface area contributed by atoms with Crippen LogP contribution in [-0.2, 0) is 11.3 Å². The van der Waals surface area contributed by atoms with E-state index in [2.05, 4.69) is 21.4 Å². The molecule has 0 amide bonds. The molecule has 19 heavy (non-hydrogen) atoms. The molecule has 7 nitrogen and oxygen atoms in total. The number of nitrogens with zero attached hydrogens (tertiary/aromatic N) is 4. The first-order valence-corrected chi connectivity index (χ1v) is 5.44. The third-order valence-corrected chi connectivity index (χ3v) is 2.35. The van der Waals surface area contributed by atoms with E-state index >= 15 is 0 Å². The molecular formula is C12H11N5O2. The first-order valence-electron chi connectivity index (χ1n) is 5.44. The van der Waals surface area contributed by atoms with Crippen LogP contribution in [0.2, 0.25) is 0 Å². The Morgan fingerprint density at radius 1 is 1.42 bits per heavy atom. The van der Waals surface area contributed by atoms with Crippen LogP contribution in [0, 0.1) is 12.3 Å². The van der Waals surface area contributed by atoms with Crippen LogP contribution < -0.4 is 5.73 Å². The Bertz CT molecular complexity index is 612. The number of hydrogen-bond acceptors (Lipinski definition) is 6. The van der Waals surface area contributed by atoms with Crippen LogP contribution in [0.15, 0.2) is 24.3 Å². The quantitative estimate of drug-likeness (QED) is 0.607. The van der Waals surface area contributed by atoms with E-state index in [0.29, 0.717) is 17.1 Å². The number of benzene rings is 1. The summed E-state index contributed by atoms with van der Waals surface area (Å²) in [6.45, 7) is 0.171. The summed E-state index contributed by atoms with van der Waals surface area (Å²) in [6, 6.07) is 6.61. The molecule has 0 atom stereocenters. The molecule has 7 heteroatoms. The van der Waals surface area contributed by atoms with Crippen molar-refractivity contribution in [2.75, 3.05) is 6.61 Å². The summed E-state index contributed by atoms with van der Waals surface area (Å²) < 4.78 is 6.31. The lowest BCUT2D eigenvalue weighted by Gasteiger charge is -2.04. The minimum atomic E-state index is -0.472. The summed E-state index contributed by atoms with van der Waals surface area (Å²) in [6.07, 6.45) is 5.01. The predicted molar refractivity (Wildman–Crippen MR) is 66.2 cm³/mol. The first-order chi connectivity index (χ1) is 9.26. The number of rotatable bonds is 4. The topological polar surface area (TPSA) is 95.9 Å². The van der Waals surface area contributed by atoms with Gasteiger partial charge in [0.05, 0.1) is 17.8 Å². The van der Waals surface area contributed by atoms with Crippen LogP contribution >= 0.6 is 0 Å². The van der Waals surface area contributed by atoms with Crippen molar-refractivity contribution in [3.8, 4) is 18.0 Å². The van der Waals surface area contributed by atoms with Crippen molar-refractivity contribution in [3.05, 3.63) is 35.7 Å². The van der Waals surface area contributed by atoms with Gasteiger partial charge >= 0.3 is 5.97 Å². The highest BCUT2D eigenvalue weighted by Gasteiger charge is 2.09. The molecule has 0 aliphatic carbocycles. The molecule has 1 heterocycles. The number of terminal acetylenes is 1. The Kier molecular flexibility index (Phi) is 3.85. The fraction of sp³-hybridized carbons (Fsp3) is 0.167. The summed E-state index contributed by atoms with van der Waals surface area (Å²) in [5.74, 6) is 2.29. The highest BCUT2D eigenvalue weighted by atomic mass is 16.5. The highest BCUT2D eigenvalue weighted by molar-refractivity contribution is 5.89. The minimum Gasteiger partial charge on any atom is -0.449 e. The average molecular weight is 257 g/mol. The van der Waals surface area contributed by atoms with Gasteiger partial charge in [-0.15, -0.1) is 11.5 Å². The summed E-state index contributed by atoms with van der Waals surface area (Å²) >= 11 is 0. The van der Waals surface area contributed by atoms with Gasteiger partial charge in [0.2, 0.25) is 0 Å². The molecule has 0 aliphatic heterocycles.